The zero-order valence-electron chi connectivity index (χ0n) is 12.1. The van der Waals surface area contributed by atoms with Crippen LogP contribution in [0.1, 0.15) is 34.6 Å². The summed E-state index contributed by atoms with van der Waals surface area (Å²) in [6, 6.07) is -0.994. The second kappa shape index (κ2) is 7.50. The van der Waals surface area contributed by atoms with E-state index in [-0.39, 0.29) is 6.04 Å². The summed E-state index contributed by atoms with van der Waals surface area (Å²) in [5.41, 5.74) is -0.558. The third-order valence-electron chi connectivity index (χ3n) is 1.97. The van der Waals surface area contributed by atoms with Crippen LogP contribution >= 0.6 is 0 Å². The molecule has 0 bridgehead atoms. The molecule has 0 saturated carbocycles. The van der Waals surface area contributed by atoms with Gasteiger partial charge in [0, 0.05) is 0 Å². The summed E-state index contributed by atoms with van der Waals surface area (Å²) in [5, 5.41) is 2.62. The predicted molar refractivity (Wildman–Crippen MR) is 73.5 cm³/mol. The first-order valence-corrected chi connectivity index (χ1v) is 6.74. The number of hydrogen-bond acceptors (Lipinski definition) is 5. The molecule has 0 rings (SSSR count). The average molecular weight is 336 g/mol. The van der Waals surface area contributed by atoms with Crippen LogP contribution in [-0.4, -0.2) is 57.5 Å². The van der Waals surface area contributed by atoms with Crippen molar-refractivity contribution in [1.82, 2.24) is 5.32 Å². The van der Waals surface area contributed by atoms with Gasteiger partial charge in [0.25, 0.3) is 0 Å². The maximum absolute atomic E-state index is 11.6. The molecule has 1 radical (unpaired) electrons. The predicted octanol–water partition coefficient (Wildman–Crippen LogP) is 1.03. The molecule has 0 unspecified atom stereocenters. The number of hydrogen-bond donors (Lipinski definition) is 1. The van der Waals surface area contributed by atoms with E-state index < -0.39 is 23.7 Å². The second-order valence-corrected chi connectivity index (χ2v) is 5.91. The van der Waals surface area contributed by atoms with Gasteiger partial charge >= 0.3 is 121 Å². The first-order chi connectivity index (χ1) is 8.56. The van der Waals surface area contributed by atoms with Crippen LogP contribution in [0, 0.1) is 0 Å². The molecule has 19 heavy (non-hydrogen) atoms. The number of esters is 1. The van der Waals surface area contributed by atoms with Gasteiger partial charge in [-0.05, 0) is 0 Å². The number of rotatable bonds is 4. The fourth-order valence-electron chi connectivity index (χ4n) is 1.07. The van der Waals surface area contributed by atoms with E-state index in [0.29, 0.717) is 4.61 Å². The fourth-order valence-corrected chi connectivity index (χ4v) is 1.53. The van der Waals surface area contributed by atoms with Crippen molar-refractivity contribution in [3.8, 4) is 0 Å². The number of nitrogens with one attached hydrogen (secondary N) is 1. The molecule has 6 nitrogen and oxygen atoms in total. The molecule has 0 aliphatic carbocycles. The summed E-state index contributed by atoms with van der Waals surface area (Å²) in [4.78, 5) is 26.9. The summed E-state index contributed by atoms with van der Waals surface area (Å²) in [6.07, 6.45) is -0.534. The van der Waals surface area contributed by atoms with Crippen LogP contribution in [0.25, 0.3) is 0 Å². The van der Waals surface area contributed by atoms with Gasteiger partial charge in [0.1, 0.15) is 0 Å². The Bertz CT molecular complexity index is 363. The molecule has 0 spiro atoms. The van der Waals surface area contributed by atoms with Crippen LogP contribution < -0.4 is 5.32 Å². The summed E-state index contributed by atoms with van der Waals surface area (Å²) < 4.78 is 10.2. The number of methoxy groups -OCH3 is 1. The van der Waals surface area contributed by atoms with Gasteiger partial charge in [0.05, 0.1) is 0 Å². The van der Waals surface area contributed by atoms with Crippen LogP contribution in [0.5, 0.6) is 0 Å². The maximum atomic E-state index is 11.6. The monoisotopic (exact) mass is 337 g/mol. The molecule has 0 saturated heterocycles. The molecule has 0 fully saturated rings. The van der Waals surface area contributed by atoms with E-state index in [2.05, 4.69) is 31.1 Å². The van der Waals surface area contributed by atoms with E-state index in [1.165, 1.54) is 7.11 Å². The summed E-state index contributed by atoms with van der Waals surface area (Å²) in [5.74, 6) is -0.433. The van der Waals surface area contributed by atoms with Crippen molar-refractivity contribution in [2.75, 3.05) is 7.11 Å². The zero-order valence-corrected chi connectivity index (χ0v) is 13.9. The fraction of sp³-hybridized carbons (Fsp3) is 0.750. The molecule has 1 amide bonds. The van der Waals surface area contributed by atoms with Gasteiger partial charge in [-0.1, -0.05) is 0 Å². The van der Waals surface area contributed by atoms with Crippen molar-refractivity contribution < 1.29 is 19.1 Å². The number of nitrogens with zero attached hydrogens (tertiary/aromatic N) is 1. The number of ether oxygens (including phenoxy) is 2. The average Bonchev–Trinajstić information content (AvgIpc) is 2.24. The SMILES string of the molecule is COC(=O)[C@H](C)N=C([Se])[C@H](C)NC(=O)OC(C)(C)C. The molecular weight excluding hydrogens is 315 g/mol. The van der Waals surface area contributed by atoms with Crippen LogP contribution in [0.3, 0.4) is 0 Å². The molecule has 2 atom stereocenters. The standard InChI is InChI=1S/C12H21N2O4Se/c1-7(14-11(16)18-12(3,4)5)9(19)13-8(2)10(15)17-6/h7-8H,1-6H3,(H,14,16)/t7-,8-/m0/s1. The van der Waals surface area contributed by atoms with Crippen molar-refractivity contribution >= 4 is 32.7 Å². The minimum atomic E-state index is -0.621. The van der Waals surface area contributed by atoms with Gasteiger partial charge in [0.2, 0.25) is 0 Å². The molecule has 0 heterocycles. The minimum absolute atomic E-state index is 0.373. The Morgan fingerprint density at radius 3 is 2.21 bits per heavy atom. The Balaban J connectivity index is 4.49. The molecule has 109 valence electrons. The van der Waals surface area contributed by atoms with Crippen LogP contribution in [-0.2, 0) is 14.3 Å². The normalized spacial score (nSPS) is 15.4. The van der Waals surface area contributed by atoms with E-state index in [1.807, 2.05) is 0 Å². The van der Waals surface area contributed by atoms with Crippen molar-refractivity contribution in [3.05, 3.63) is 0 Å². The topological polar surface area (TPSA) is 77.0 Å². The number of aliphatic imine (C=N–C) groups is 1. The van der Waals surface area contributed by atoms with Crippen LogP contribution in [0.2, 0.25) is 0 Å². The molecule has 1 N–H and O–H groups in total. The Hall–Kier alpha value is -1.07. The second-order valence-electron chi connectivity index (χ2n) is 5.03. The third kappa shape index (κ3) is 7.85. The molecule has 0 aliphatic rings. The molecule has 0 aromatic rings. The summed E-state index contributed by atoms with van der Waals surface area (Å²) >= 11 is 2.73. The Morgan fingerprint density at radius 2 is 1.79 bits per heavy atom. The first kappa shape index (κ1) is 17.9. The van der Waals surface area contributed by atoms with E-state index >= 15 is 0 Å². The van der Waals surface area contributed by atoms with E-state index in [1.54, 1.807) is 34.6 Å². The Morgan fingerprint density at radius 1 is 1.26 bits per heavy atom. The summed E-state index contributed by atoms with van der Waals surface area (Å²) in [6.45, 7) is 8.70. The van der Waals surface area contributed by atoms with Gasteiger partial charge in [0.15, 0.2) is 0 Å². The number of carbonyl (C=O) groups is 2. The summed E-state index contributed by atoms with van der Waals surface area (Å²) in [7, 11) is 1.30. The Kier molecular flexibility index (Phi) is 7.08. The van der Waals surface area contributed by atoms with Gasteiger partial charge in [-0.15, -0.1) is 0 Å². The quantitative estimate of drug-likeness (QED) is 0.473. The molecule has 0 aliphatic heterocycles. The van der Waals surface area contributed by atoms with Crippen molar-refractivity contribution in [2.24, 2.45) is 4.99 Å². The number of amides is 1. The van der Waals surface area contributed by atoms with Crippen molar-refractivity contribution in [1.29, 1.82) is 0 Å². The van der Waals surface area contributed by atoms with Gasteiger partial charge in [-0.3, -0.25) is 0 Å². The van der Waals surface area contributed by atoms with E-state index in [9.17, 15) is 9.59 Å². The number of carbonyl (C=O) groups excluding carboxylic acids is 2. The zero-order chi connectivity index (χ0) is 15.2. The van der Waals surface area contributed by atoms with Crippen molar-refractivity contribution in [3.63, 3.8) is 0 Å². The molecular formula is C12H21N2O4Se. The van der Waals surface area contributed by atoms with E-state index in [4.69, 9.17) is 4.74 Å². The first-order valence-electron chi connectivity index (χ1n) is 5.89. The number of alkyl carbamates (subject to hydrolysis) is 1. The van der Waals surface area contributed by atoms with Crippen LogP contribution in [0.4, 0.5) is 4.79 Å². The molecule has 0 aromatic heterocycles. The Labute approximate surface area is 122 Å². The van der Waals surface area contributed by atoms with E-state index in [0.717, 1.165) is 0 Å². The van der Waals surface area contributed by atoms with Gasteiger partial charge in [-0.25, -0.2) is 0 Å². The third-order valence-corrected chi connectivity index (χ3v) is 2.93. The van der Waals surface area contributed by atoms with Gasteiger partial charge < -0.3 is 0 Å². The van der Waals surface area contributed by atoms with Crippen LogP contribution in [0.15, 0.2) is 4.99 Å². The van der Waals surface area contributed by atoms with Crippen molar-refractivity contribution in [2.45, 2.75) is 52.3 Å². The molecule has 0 aromatic carbocycles. The van der Waals surface area contributed by atoms with Gasteiger partial charge in [-0.2, -0.15) is 0 Å². The molecule has 7 heteroatoms.